The van der Waals surface area contributed by atoms with E-state index >= 15 is 0 Å². The summed E-state index contributed by atoms with van der Waals surface area (Å²) in [6.45, 7) is 3.79. The third-order valence-electron chi connectivity index (χ3n) is 2.87. The van der Waals surface area contributed by atoms with Crippen LogP contribution in [0.1, 0.15) is 11.3 Å². The van der Waals surface area contributed by atoms with Gasteiger partial charge in [0.05, 0.1) is 6.20 Å². The van der Waals surface area contributed by atoms with Gasteiger partial charge in [0.1, 0.15) is 6.54 Å². The Hall–Kier alpha value is -1.62. The number of carboxylic acid groups (broad SMARTS) is 1. The first-order valence-corrected chi connectivity index (χ1v) is 6.29. The fourth-order valence-corrected chi connectivity index (χ4v) is 2.40. The first kappa shape index (κ1) is 12.8. The molecule has 0 atom stereocenters. The molecule has 5 heteroatoms. The van der Waals surface area contributed by atoms with Gasteiger partial charge >= 0.3 is 5.97 Å². The summed E-state index contributed by atoms with van der Waals surface area (Å²) in [4.78, 5) is 10.7. The molecule has 1 aromatic carbocycles. The number of carbonyl (C=O) groups is 1. The average molecular weight is 309 g/mol. The van der Waals surface area contributed by atoms with E-state index in [-0.39, 0.29) is 6.54 Å². The Bertz CT molecular complexity index is 605. The smallest absolute Gasteiger partial charge is 0.325 e. The molecule has 0 unspecified atom stereocenters. The molecule has 18 heavy (non-hydrogen) atoms. The Kier molecular flexibility index (Phi) is 3.52. The van der Waals surface area contributed by atoms with Gasteiger partial charge in [0.15, 0.2) is 0 Å². The van der Waals surface area contributed by atoms with Crippen molar-refractivity contribution in [3.63, 3.8) is 0 Å². The molecule has 0 aliphatic heterocycles. The number of hydrogen-bond donors (Lipinski definition) is 1. The normalized spacial score (nSPS) is 10.6. The lowest BCUT2D eigenvalue weighted by Gasteiger charge is -2.06. The van der Waals surface area contributed by atoms with E-state index in [2.05, 4.69) is 21.0 Å². The minimum Gasteiger partial charge on any atom is -0.480 e. The van der Waals surface area contributed by atoms with Gasteiger partial charge in [-0.05, 0) is 37.1 Å². The topological polar surface area (TPSA) is 55.1 Å². The largest absolute Gasteiger partial charge is 0.480 e. The van der Waals surface area contributed by atoms with Crippen LogP contribution < -0.4 is 0 Å². The van der Waals surface area contributed by atoms with Crippen molar-refractivity contribution in [2.75, 3.05) is 0 Å². The quantitative estimate of drug-likeness (QED) is 0.948. The van der Waals surface area contributed by atoms with Crippen LogP contribution in [0.2, 0.25) is 0 Å². The van der Waals surface area contributed by atoms with Gasteiger partial charge in [-0.1, -0.05) is 22.0 Å². The van der Waals surface area contributed by atoms with Crippen molar-refractivity contribution in [3.8, 4) is 11.1 Å². The Morgan fingerprint density at radius 3 is 2.72 bits per heavy atom. The number of rotatable bonds is 3. The van der Waals surface area contributed by atoms with Crippen LogP contribution in [0, 0.1) is 13.8 Å². The van der Waals surface area contributed by atoms with Crippen LogP contribution in [0.4, 0.5) is 0 Å². The maximum Gasteiger partial charge on any atom is 0.325 e. The number of aryl methyl sites for hydroxylation is 1. The Morgan fingerprint density at radius 1 is 1.39 bits per heavy atom. The zero-order valence-electron chi connectivity index (χ0n) is 10.1. The fourth-order valence-electron chi connectivity index (χ4n) is 1.93. The van der Waals surface area contributed by atoms with Crippen molar-refractivity contribution in [2.24, 2.45) is 0 Å². The van der Waals surface area contributed by atoms with Crippen LogP contribution in [0.15, 0.2) is 28.9 Å². The van der Waals surface area contributed by atoms with E-state index < -0.39 is 5.97 Å². The molecule has 1 heterocycles. The van der Waals surface area contributed by atoms with Gasteiger partial charge < -0.3 is 5.11 Å². The van der Waals surface area contributed by atoms with Crippen LogP contribution in [0.3, 0.4) is 0 Å². The number of aromatic nitrogens is 2. The van der Waals surface area contributed by atoms with Gasteiger partial charge in [-0.15, -0.1) is 0 Å². The maximum absolute atomic E-state index is 10.7. The second-order valence-corrected chi connectivity index (χ2v) is 5.07. The van der Waals surface area contributed by atoms with Gasteiger partial charge in [0.2, 0.25) is 0 Å². The molecule has 2 aromatic rings. The summed E-state index contributed by atoms with van der Waals surface area (Å²) in [5.74, 6) is -0.889. The lowest BCUT2D eigenvalue weighted by molar-refractivity contribution is -0.137. The van der Waals surface area contributed by atoms with E-state index in [4.69, 9.17) is 5.11 Å². The minimum atomic E-state index is -0.889. The second kappa shape index (κ2) is 4.94. The third kappa shape index (κ3) is 2.46. The third-order valence-corrected chi connectivity index (χ3v) is 3.36. The number of hydrogen-bond acceptors (Lipinski definition) is 2. The minimum absolute atomic E-state index is 0.110. The van der Waals surface area contributed by atoms with E-state index in [9.17, 15) is 4.79 Å². The highest BCUT2D eigenvalue weighted by Gasteiger charge is 2.12. The van der Waals surface area contributed by atoms with E-state index in [0.717, 1.165) is 26.9 Å². The number of benzene rings is 1. The lowest BCUT2D eigenvalue weighted by Crippen LogP contribution is -2.11. The van der Waals surface area contributed by atoms with Crippen molar-refractivity contribution >= 4 is 21.9 Å². The summed E-state index contributed by atoms with van der Waals surface area (Å²) >= 11 is 3.43. The molecule has 0 bridgehead atoms. The maximum atomic E-state index is 10.7. The molecule has 0 aliphatic rings. The van der Waals surface area contributed by atoms with Crippen LogP contribution in [-0.2, 0) is 11.3 Å². The SMILES string of the molecule is Cc1cc(Br)ccc1-c1cnn(CC(=O)O)c1C. The van der Waals surface area contributed by atoms with Gasteiger partial charge in [-0.3, -0.25) is 9.48 Å². The Morgan fingerprint density at radius 2 is 2.11 bits per heavy atom. The highest BCUT2D eigenvalue weighted by Crippen LogP contribution is 2.28. The van der Waals surface area contributed by atoms with Gasteiger partial charge in [0.25, 0.3) is 0 Å². The Labute approximate surface area is 113 Å². The lowest BCUT2D eigenvalue weighted by atomic mass is 10.0. The highest BCUT2D eigenvalue weighted by atomic mass is 79.9. The molecular weight excluding hydrogens is 296 g/mol. The first-order chi connectivity index (χ1) is 8.49. The van der Waals surface area contributed by atoms with E-state index in [1.54, 1.807) is 6.20 Å². The number of halogens is 1. The van der Waals surface area contributed by atoms with Crippen molar-refractivity contribution in [2.45, 2.75) is 20.4 Å². The monoisotopic (exact) mass is 308 g/mol. The van der Waals surface area contributed by atoms with E-state index in [0.29, 0.717) is 0 Å². The van der Waals surface area contributed by atoms with E-state index in [1.807, 2.05) is 32.0 Å². The van der Waals surface area contributed by atoms with Gasteiger partial charge in [-0.25, -0.2) is 0 Å². The molecule has 0 spiro atoms. The molecule has 0 aliphatic carbocycles. The molecule has 0 fully saturated rings. The molecule has 0 saturated carbocycles. The molecule has 1 N–H and O–H groups in total. The zero-order valence-corrected chi connectivity index (χ0v) is 11.7. The second-order valence-electron chi connectivity index (χ2n) is 4.15. The summed E-state index contributed by atoms with van der Waals surface area (Å²) in [6, 6.07) is 6.01. The fraction of sp³-hybridized carbons (Fsp3) is 0.231. The predicted octanol–water partition coefficient (Wildman–Crippen LogP) is 3.01. The van der Waals surface area contributed by atoms with Crippen molar-refractivity contribution in [3.05, 3.63) is 40.1 Å². The summed E-state index contributed by atoms with van der Waals surface area (Å²) in [5.41, 5.74) is 4.04. The summed E-state index contributed by atoms with van der Waals surface area (Å²) in [7, 11) is 0. The van der Waals surface area contributed by atoms with Gasteiger partial charge in [0, 0.05) is 15.7 Å². The van der Waals surface area contributed by atoms with Crippen molar-refractivity contribution < 1.29 is 9.90 Å². The number of aliphatic carboxylic acids is 1. The number of carboxylic acids is 1. The zero-order chi connectivity index (χ0) is 13.3. The van der Waals surface area contributed by atoms with E-state index in [1.165, 1.54) is 4.68 Å². The van der Waals surface area contributed by atoms with Crippen LogP contribution in [-0.4, -0.2) is 20.9 Å². The molecule has 1 aromatic heterocycles. The molecular formula is C13H13BrN2O2. The molecule has 2 rings (SSSR count). The summed E-state index contributed by atoms with van der Waals surface area (Å²) < 4.78 is 2.53. The predicted molar refractivity (Wildman–Crippen MR) is 72.5 cm³/mol. The summed E-state index contributed by atoms with van der Waals surface area (Å²) in [6.07, 6.45) is 1.72. The van der Waals surface area contributed by atoms with Gasteiger partial charge in [-0.2, -0.15) is 5.10 Å². The number of nitrogens with zero attached hydrogens (tertiary/aromatic N) is 2. The van der Waals surface area contributed by atoms with Crippen molar-refractivity contribution in [1.82, 2.24) is 9.78 Å². The molecule has 0 saturated heterocycles. The van der Waals surface area contributed by atoms with Crippen LogP contribution in [0.5, 0.6) is 0 Å². The molecule has 0 radical (unpaired) electrons. The molecule has 94 valence electrons. The van der Waals surface area contributed by atoms with Crippen molar-refractivity contribution in [1.29, 1.82) is 0 Å². The standard InChI is InChI=1S/C13H13BrN2O2/c1-8-5-10(14)3-4-11(8)12-6-15-16(9(12)2)7-13(17)18/h3-6H,7H2,1-2H3,(H,17,18). The van der Waals surface area contributed by atoms with Crippen LogP contribution in [0.25, 0.3) is 11.1 Å². The summed E-state index contributed by atoms with van der Waals surface area (Å²) in [5, 5.41) is 12.9. The molecule has 0 amide bonds. The first-order valence-electron chi connectivity index (χ1n) is 5.50. The Balaban J connectivity index is 2.45. The van der Waals surface area contributed by atoms with Crippen LogP contribution >= 0.6 is 15.9 Å². The highest BCUT2D eigenvalue weighted by molar-refractivity contribution is 9.10. The average Bonchev–Trinajstić information content (AvgIpc) is 2.60. The molecule has 4 nitrogen and oxygen atoms in total.